The lowest BCUT2D eigenvalue weighted by Crippen LogP contribution is -1.99. The highest BCUT2D eigenvalue weighted by Gasteiger charge is 2.27. The number of hydrogen-bond acceptors (Lipinski definition) is 1. The quantitative estimate of drug-likeness (QED) is 0.179. The number of aromatic nitrogens is 3. The van der Waals surface area contributed by atoms with Crippen molar-refractivity contribution in [2.45, 2.75) is 12.8 Å². The van der Waals surface area contributed by atoms with Gasteiger partial charge in [-0.2, -0.15) is 0 Å². The summed E-state index contributed by atoms with van der Waals surface area (Å²) >= 11 is 0. The van der Waals surface area contributed by atoms with Crippen molar-refractivity contribution in [1.29, 1.82) is 0 Å². The molecule has 0 unspecified atom stereocenters. The topological polar surface area (TPSA) is 27.9 Å². The van der Waals surface area contributed by atoms with Crippen LogP contribution in [0.4, 0.5) is 0 Å². The molecule has 1 aliphatic carbocycles. The summed E-state index contributed by atoms with van der Waals surface area (Å²) in [5.74, 6) is 0. The summed E-state index contributed by atoms with van der Waals surface area (Å²) in [7, 11) is 0. The van der Waals surface area contributed by atoms with Crippen molar-refractivity contribution in [3.63, 3.8) is 0 Å². The normalized spacial score (nSPS) is 13.6. The molecule has 4 nitrogen and oxygen atoms in total. The van der Waals surface area contributed by atoms with Gasteiger partial charge in [0.05, 0.1) is 32.8 Å². The van der Waals surface area contributed by atoms with Gasteiger partial charge in [0, 0.05) is 44.0 Å². The van der Waals surface area contributed by atoms with E-state index in [-0.39, 0.29) is 0 Å². The molecule has 0 fully saturated rings. The second-order valence-electron chi connectivity index (χ2n) is 15.2. The molecule has 0 aliphatic heterocycles. The van der Waals surface area contributed by atoms with E-state index in [1.54, 1.807) is 0 Å². The highest BCUT2D eigenvalue weighted by atomic mass is 16.4. The van der Waals surface area contributed by atoms with E-state index in [0.29, 0.717) is 0 Å². The van der Waals surface area contributed by atoms with E-state index in [1.165, 1.54) is 70.6 Å². The molecule has 0 atom stereocenters. The fraction of sp³-hybridized carbons (Fsp3) is 0.0385. The number of para-hydroxylation sites is 1. The Morgan fingerprint density at radius 2 is 1.02 bits per heavy atom. The van der Waals surface area contributed by atoms with Crippen LogP contribution in [0.5, 0.6) is 0 Å². The van der Waals surface area contributed by atoms with E-state index in [9.17, 15) is 0 Å². The third-order valence-corrected chi connectivity index (χ3v) is 12.2. The molecule has 0 saturated heterocycles. The van der Waals surface area contributed by atoms with Gasteiger partial charge in [-0.25, -0.2) is 0 Å². The Bertz CT molecular complexity index is 3700. The lowest BCUT2D eigenvalue weighted by Gasteiger charge is -2.15. The number of furan rings is 1. The summed E-state index contributed by atoms with van der Waals surface area (Å²) in [5, 5.41) is 14.5. The Balaban J connectivity index is 1.19. The first-order valence-corrected chi connectivity index (χ1v) is 19.5. The summed E-state index contributed by atoms with van der Waals surface area (Å²) in [6.45, 7) is 0. The van der Waals surface area contributed by atoms with Gasteiger partial charge in [-0.1, -0.05) is 115 Å². The van der Waals surface area contributed by atoms with E-state index < -0.39 is 0 Å². The number of allylic oxidation sites excluding steroid dienone is 4. The van der Waals surface area contributed by atoms with E-state index in [4.69, 9.17) is 4.42 Å². The van der Waals surface area contributed by atoms with Crippen molar-refractivity contribution in [2.75, 3.05) is 0 Å². The molecule has 0 spiro atoms. The van der Waals surface area contributed by atoms with Crippen molar-refractivity contribution < 1.29 is 4.42 Å². The first-order valence-electron chi connectivity index (χ1n) is 19.5. The predicted octanol–water partition coefficient (Wildman–Crippen LogP) is 14.2. The number of benzene rings is 8. The van der Waals surface area contributed by atoms with Crippen LogP contribution in [0.15, 0.2) is 180 Å². The van der Waals surface area contributed by atoms with E-state index in [0.717, 1.165) is 57.4 Å². The van der Waals surface area contributed by atoms with Crippen LogP contribution >= 0.6 is 0 Å². The fourth-order valence-corrected chi connectivity index (χ4v) is 9.74. The van der Waals surface area contributed by atoms with Crippen LogP contribution in [0.3, 0.4) is 0 Å². The predicted molar refractivity (Wildman–Crippen MR) is 236 cm³/mol. The third kappa shape index (κ3) is 4.02. The molecular formula is C52H33N3O. The average Bonchev–Trinajstić information content (AvgIpc) is 3.97. The summed E-state index contributed by atoms with van der Waals surface area (Å²) in [6, 6.07) is 57.7. The van der Waals surface area contributed by atoms with Crippen molar-refractivity contribution >= 4 is 104 Å². The van der Waals surface area contributed by atoms with Gasteiger partial charge >= 0.3 is 0 Å². The monoisotopic (exact) mass is 715 g/mol. The molecule has 4 heterocycles. The Hall–Kier alpha value is -7.30. The van der Waals surface area contributed by atoms with Crippen LogP contribution in [-0.2, 0) is 0 Å². The highest BCUT2D eigenvalue weighted by molar-refractivity contribution is 6.30. The van der Waals surface area contributed by atoms with Gasteiger partial charge in [-0.05, 0) is 100 Å². The molecule has 262 valence electrons. The maximum atomic E-state index is 7.31. The number of nitrogens with zero attached hydrogens (tertiary/aromatic N) is 3. The van der Waals surface area contributed by atoms with Crippen LogP contribution in [0, 0.1) is 0 Å². The van der Waals surface area contributed by atoms with Crippen molar-refractivity contribution in [3.05, 3.63) is 176 Å². The van der Waals surface area contributed by atoms with Gasteiger partial charge in [0.2, 0.25) is 11.4 Å². The van der Waals surface area contributed by atoms with Crippen LogP contribution in [0.2, 0.25) is 0 Å². The molecule has 4 heteroatoms. The second-order valence-corrected chi connectivity index (χ2v) is 15.2. The van der Waals surface area contributed by atoms with E-state index >= 15 is 0 Å². The van der Waals surface area contributed by atoms with Crippen molar-refractivity contribution in [3.8, 4) is 11.4 Å². The summed E-state index contributed by atoms with van der Waals surface area (Å²) < 4.78 is 14.5. The van der Waals surface area contributed by atoms with Crippen LogP contribution < -0.4 is 0 Å². The van der Waals surface area contributed by atoms with Crippen molar-refractivity contribution in [2.24, 2.45) is 0 Å². The Morgan fingerprint density at radius 3 is 1.68 bits per heavy atom. The lowest BCUT2D eigenvalue weighted by molar-refractivity contribution is 0.624. The molecule has 12 aromatic rings. The fourth-order valence-electron chi connectivity index (χ4n) is 9.74. The van der Waals surface area contributed by atoms with Gasteiger partial charge in [0.25, 0.3) is 0 Å². The minimum absolute atomic E-state index is 0.855. The summed E-state index contributed by atoms with van der Waals surface area (Å²) in [4.78, 5) is 0. The first kappa shape index (κ1) is 30.1. The molecule has 0 saturated carbocycles. The zero-order valence-corrected chi connectivity index (χ0v) is 30.4. The molecule has 0 radical (unpaired) electrons. The van der Waals surface area contributed by atoms with Crippen LogP contribution in [0.1, 0.15) is 12.8 Å². The molecule has 0 N–H and O–H groups in total. The molecule has 8 aromatic carbocycles. The van der Waals surface area contributed by atoms with Gasteiger partial charge in [-0.3, -0.25) is 9.13 Å². The van der Waals surface area contributed by atoms with E-state index in [1.807, 2.05) is 0 Å². The molecular weight excluding hydrogens is 683 g/mol. The van der Waals surface area contributed by atoms with Gasteiger partial charge in [-0.15, -0.1) is 0 Å². The number of hydrogen-bond donors (Lipinski definition) is 0. The molecule has 13 rings (SSSR count). The van der Waals surface area contributed by atoms with Gasteiger partial charge < -0.3 is 8.98 Å². The van der Waals surface area contributed by atoms with Gasteiger partial charge in [0.15, 0.2) is 0 Å². The largest absolute Gasteiger partial charge is 0.422 e. The number of fused-ring (bicyclic) bond motifs is 14. The lowest BCUT2D eigenvalue weighted by atomic mass is 10.0. The highest BCUT2D eigenvalue weighted by Crippen LogP contribution is 2.47. The van der Waals surface area contributed by atoms with Crippen LogP contribution in [-0.4, -0.2) is 13.7 Å². The standard InChI is InChI=1S/C52H33N3O/c1-3-18-37(19-4-1)53-45-26-24-39(31-42(45)41-25-23-32-13-11-12-22-40(32)50(41)53)55-47-30-36-17-10-8-15-34(36)28-44(47)49-48-43-27-33-14-7-9-16-35(33)29-46(43)54(51(48)56-52(49)55)38-20-5-2-6-21-38/h1-3,5-18,20-31H,4,19H2. The van der Waals surface area contributed by atoms with E-state index in [2.05, 4.69) is 190 Å². The molecule has 4 aromatic heterocycles. The van der Waals surface area contributed by atoms with Crippen molar-refractivity contribution in [1.82, 2.24) is 13.7 Å². The molecule has 0 amide bonds. The summed E-state index contributed by atoms with van der Waals surface area (Å²) in [5.41, 5.74) is 9.96. The summed E-state index contributed by atoms with van der Waals surface area (Å²) in [6.07, 6.45) is 8.80. The first-order chi connectivity index (χ1) is 27.8. The minimum atomic E-state index is 0.855. The zero-order valence-electron chi connectivity index (χ0n) is 30.4. The number of rotatable bonds is 3. The third-order valence-electron chi connectivity index (χ3n) is 12.2. The average molecular weight is 716 g/mol. The SMILES string of the molecule is C1=CCCC(n2c3ccc(-n4c5cc6ccccc6cc5c5c6c7cc8ccccc8cc7n(-c7ccccc7)c6oc54)cc3c3ccc4ccccc4c32)=C1. The molecule has 56 heavy (non-hydrogen) atoms. The Kier molecular flexibility index (Phi) is 5.97. The van der Waals surface area contributed by atoms with Gasteiger partial charge in [0.1, 0.15) is 0 Å². The minimum Gasteiger partial charge on any atom is -0.422 e. The maximum Gasteiger partial charge on any atom is 0.215 e. The zero-order chi connectivity index (χ0) is 36.5. The second kappa shape index (κ2) is 11.1. The smallest absolute Gasteiger partial charge is 0.215 e. The Morgan fingerprint density at radius 1 is 0.411 bits per heavy atom. The Labute approximate surface area is 321 Å². The molecule has 1 aliphatic rings. The maximum absolute atomic E-state index is 7.31. The van der Waals surface area contributed by atoms with Crippen LogP contribution in [0.25, 0.3) is 115 Å². The molecule has 0 bridgehead atoms.